The van der Waals surface area contributed by atoms with E-state index < -0.39 is 11.8 Å². The van der Waals surface area contributed by atoms with E-state index in [1.165, 1.54) is 12.3 Å². The van der Waals surface area contributed by atoms with Crippen LogP contribution in [0.3, 0.4) is 0 Å². The first-order chi connectivity index (χ1) is 14.2. The Morgan fingerprint density at radius 2 is 1.72 bits per heavy atom. The molecule has 2 amide bonds. The Balaban J connectivity index is 1.81. The first kappa shape index (κ1) is 19.8. The zero-order valence-electron chi connectivity index (χ0n) is 15.8. The Morgan fingerprint density at radius 3 is 2.52 bits per heavy atom. The Hall–Kier alpha value is -3.93. The monoisotopic (exact) mass is 387 g/mol. The van der Waals surface area contributed by atoms with Gasteiger partial charge in [0, 0.05) is 12.1 Å². The zero-order chi connectivity index (χ0) is 20.5. The number of hydrazone groups is 1. The first-order valence-electron chi connectivity index (χ1n) is 9.09. The summed E-state index contributed by atoms with van der Waals surface area (Å²) < 4.78 is 6.00. The second kappa shape index (κ2) is 9.85. The summed E-state index contributed by atoms with van der Waals surface area (Å²) >= 11 is 0. The van der Waals surface area contributed by atoms with Crippen molar-refractivity contribution in [2.45, 2.75) is 6.61 Å². The number of carbonyl (C=O) groups excluding carboxylic acids is 2. The minimum atomic E-state index is -0.852. The van der Waals surface area contributed by atoms with E-state index in [9.17, 15) is 9.59 Å². The van der Waals surface area contributed by atoms with Crippen LogP contribution >= 0.6 is 0 Å². The van der Waals surface area contributed by atoms with Gasteiger partial charge in [-0.15, -0.1) is 6.58 Å². The molecule has 3 aromatic carbocycles. The van der Waals surface area contributed by atoms with Crippen LogP contribution in [0.5, 0.6) is 5.75 Å². The second-order valence-corrected chi connectivity index (χ2v) is 6.17. The number of benzene rings is 3. The lowest BCUT2D eigenvalue weighted by Gasteiger charge is -2.12. The molecule has 0 aliphatic heterocycles. The smallest absolute Gasteiger partial charge is 0.329 e. The number of rotatable bonds is 7. The fraction of sp³-hybridized carbons (Fsp3) is 0.0870. The maximum atomic E-state index is 11.8. The highest BCUT2D eigenvalue weighted by atomic mass is 16.5. The summed E-state index contributed by atoms with van der Waals surface area (Å²) in [5, 5.41) is 8.27. The van der Waals surface area contributed by atoms with E-state index in [0.29, 0.717) is 17.9 Å². The van der Waals surface area contributed by atoms with Crippen molar-refractivity contribution in [1.82, 2.24) is 10.7 Å². The van der Waals surface area contributed by atoms with Crippen LogP contribution in [0.2, 0.25) is 0 Å². The van der Waals surface area contributed by atoms with Gasteiger partial charge in [0.2, 0.25) is 0 Å². The van der Waals surface area contributed by atoms with Crippen LogP contribution in [0.25, 0.3) is 10.8 Å². The minimum Gasteiger partial charge on any atom is -0.488 e. The molecule has 6 nitrogen and oxygen atoms in total. The third kappa shape index (κ3) is 5.29. The molecule has 3 rings (SSSR count). The first-order valence-corrected chi connectivity index (χ1v) is 9.09. The molecule has 2 N–H and O–H groups in total. The highest BCUT2D eigenvalue weighted by molar-refractivity contribution is 6.35. The van der Waals surface area contributed by atoms with Crippen molar-refractivity contribution < 1.29 is 14.3 Å². The lowest BCUT2D eigenvalue weighted by atomic mass is 10.0. The summed E-state index contributed by atoms with van der Waals surface area (Å²) in [6.45, 7) is 4.09. The van der Waals surface area contributed by atoms with Gasteiger partial charge in [-0.25, -0.2) is 5.43 Å². The predicted molar refractivity (Wildman–Crippen MR) is 114 cm³/mol. The highest BCUT2D eigenvalue weighted by Gasteiger charge is 2.12. The van der Waals surface area contributed by atoms with E-state index in [4.69, 9.17) is 4.74 Å². The largest absolute Gasteiger partial charge is 0.488 e. The number of amides is 2. The lowest BCUT2D eigenvalue weighted by molar-refractivity contribution is -0.139. The molecular weight excluding hydrogens is 366 g/mol. The molecule has 6 heteroatoms. The number of nitrogens with zero attached hydrogens (tertiary/aromatic N) is 1. The maximum absolute atomic E-state index is 11.8. The average molecular weight is 387 g/mol. The predicted octanol–water partition coefficient (Wildman–Crippen LogP) is 3.17. The van der Waals surface area contributed by atoms with Gasteiger partial charge in [0.05, 0.1) is 6.21 Å². The quantitative estimate of drug-likeness (QED) is 0.283. The summed E-state index contributed by atoms with van der Waals surface area (Å²) in [5.41, 5.74) is 3.99. The topological polar surface area (TPSA) is 79.8 Å². The van der Waals surface area contributed by atoms with Crippen LogP contribution in [-0.2, 0) is 16.2 Å². The van der Waals surface area contributed by atoms with Gasteiger partial charge in [0.1, 0.15) is 12.4 Å². The molecule has 0 fully saturated rings. The number of fused-ring (bicyclic) bond motifs is 1. The van der Waals surface area contributed by atoms with Crippen LogP contribution in [0.1, 0.15) is 11.1 Å². The van der Waals surface area contributed by atoms with E-state index >= 15 is 0 Å². The second-order valence-electron chi connectivity index (χ2n) is 6.17. The van der Waals surface area contributed by atoms with Crippen LogP contribution in [0.15, 0.2) is 84.5 Å². The van der Waals surface area contributed by atoms with E-state index in [1.807, 2.05) is 66.7 Å². The van der Waals surface area contributed by atoms with E-state index in [1.54, 1.807) is 0 Å². The van der Waals surface area contributed by atoms with E-state index in [0.717, 1.165) is 16.3 Å². The summed E-state index contributed by atoms with van der Waals surface area (Å²) in [6.07, 6.45) is 2.97. The van der Waals surface area contributed by atoms with Gasteiger partial charge < -0.3 is 10.1 Å². The van der Waals surface area contributed by atoms with E-state index in [2.05, 4.69) is 22.4 Å². The molecule has 0 radical (unpaired) electrons. The van der Waals surface area contributed by atoms with Crippen LogP contribution < -0.4 is 15.5 Å². The average Bonchev–Trinajstić information content (AvgIpc) is 2.77. The summed E-state index contributed by atoms with van der Waals surface area (Å²) in [4.78, 5) is 23.4. The van der Waals surface area contributed by atoms with Gasteiger partial charge in [-0.1, -0.05) is 66.7 Å². The fourth-order valence-corrected chi connectivity index (χ4v) is 2.72. The zero-order valence-corrected chi connectivity index (χ0v) is 15.8. The molecular formula is C23H21N3O3. The van der Waals surface area contributed by atoms with Crippen molar-refractivity contribution in [2.75, 3.05) is 6.54 Å². The van der Waals surface area contributed by atoms with Gasteiger partial charge in [-0.2, -0.15) is 5.10 Å². The Labute approximate surface area is 168 Å². The van der Waals surface area contributed by atoms with Crippen LogP contribution in [0.4, 0.5) is 0 Å². The van der Waals surface area contributed by atoms with Crippen molar-refractivity contribution in [2.24, 2.45) is 5.10 Å². The molecule has 0 aliphatic carbocycles. The Bertz CT molecular complexity index is 1050. The molecule has 146 valence electrons. The molecule has 0 aliphatic rings. The Morgan fingerprint density at radius 1 is 0.966 bits per heavy atom. The van der Waals surface area contributed by atoms with Crippen molar-refractivity contribution in [3.8, 4) is 5.75 Å². The van der Waals surface area contributed by atoms with Gasteiger partial charge in [0.25, 0.3) is 0 Å². The van der Waals surface area contributed by atoms with Gasteiger partial charge in [0.15, 0.2) is 0 Å². The Kier molecular flexibility index (Phi) is 6.73. The number of carbonyl (C=O) groups is 2. The number of hydrogen-bond acceptors (Lipinski definition) is 4. The molecule has 0 saturated carbocycles. The van der Waals surface area contributed by atoms with Crippen LogP contribution in [0, 0.1) is 0 Å². The van der Waals surface area contributed by atoms with Crippen LogP contribution in [-0.4, -0.2) is 24.6 Å². The lowest BCUT2D eigenvalue weighted by Crippen LogP contribution is -2.37. The van der Waals surface area contributed by atoms with Crippen molar-refractivity contribution in [3.05, 3.63) is 90.5 Å². The molecule has 0 bridgehead atoms. The third-order valence-electron chi connectivity index (χ3n) is 4.14. The van der Waals surface area contributed by atoms with Gasteiger partial charge in [-0.3, -0.25) is 9.59 Å². The third-order valence-corrected chi connectivity index (χ3v) is 4.14. The van der Waals surface area contributed by atoms with Crippen molar-refractivity contribution >= 4 is 28.8 Å². The van der Waals surface area contributed by atoms with Gasteiger partial charge in [-0.05, 0) is 22.4 Å². The summed E-state index contributed by atoms with van der Waals surface area (Å²) in [5.74, 6) is -1.00. The summed E-state index contributed by atoms with van der Waals surface area (Å²) in [6, 6.07) is 21.4. The van der Waals surface area contributed by atoms with Crippen molar-refractivity contribution in [1.29, 1.82) is 0 Å². The van der Waals surface area contributed by atoms with Crippen molar-refractivity contribution in [3.63, 3.8) is 0 Å². The fourth-order valence-electron chi connectivity index (χ4n) is 2.72. The normalized spacial score (nSPS) is 10.6. The molecule has 0 aromatic heterocycles. The minimum absolute atomic E-state index is 0.205. The molecule has 0 heterocycles. The standard InChI is InChI=1S/C23H21N3O3/c1-2-14-24-22(27)23(28)26-25-15-20-19-11-7-6-10-18(19)12-13-21(20)29-16-17-8-4-3-5-9-17/h2-13,15H,1,14,16H2,(H,24,27)(H,26,28)/b25-15-. The molecule has 3 aromatic rings. The molecule has 0 atom stereocenters. The number of hydrogen-bond donors (Lipinski definition) is 2. The number of nitrogens with one attached hydrogen (secondary N) is 2. The molecule has 29 heavy (non-hydrogen) atoms. The summed E-state index contributed by atoms with van der Waals surface area (Å²) in [7, 11) is 0. The van der Waals surface area contributed by atoms with E-state index in [-0.39, 0.29) is 6.54 Å². The molecule has 0 spiro atoms. The van der Waals surface area contributed by atoms with Gasteiger partial charge >= 0.3 is 11.8 Å². The maximum Gasteiger partial charge on any atom is 0.329 e. The molecule has 0 saturated heterocycles. The number of ether oxygens (including phenoxy) is 1. The molecule has 0 unspecified atom stereocenters. The highest BCUT2D eigenvalue weighted by Crippen LogP contribution is 2.27. The SMILES string of the molecule is C=CCNC(=O)C(=O)N/N=C\c1c(OCc2ccccc2)ccc2ccccc12.